The van der Waals surface area contributed by atoms with Crippen molar-refractivity contribution in [2.75, 3.05) is 12.4 Å². The number of amides is 1. The standard InChI is InChI=1S/C20H17NO3/c1-24-19(22)13-14-6-4-9-16(12-14)21-20(23)18-11-5-8-15-7-2-3-10-17(15)18/h2-12H,13H2,1H3,(H,21,23). The molecule has 0 saturated heterocycles. The summed E-state index contributed by atoms with van der Waals surface area (Å²) in [7, 11) is 1.36. The summed E-state index contributed by atoms with van der Waals surface area (Å²) >= 11 is 0. The van der Waals surface area contributed by atoms with Gasteiger partial charge in [-0.25, -0.2) is 0 Å². The molecule has 1 N–H and O–H groups in total. The fourth-order valence-corrected chi connectivity index (χ4v) is 2.62. The van der Waals surface area contributed by atoms with Crippen molar-refractivity contribution in [3.8, 4) is 0 Å². The van der Waals surface area contributed by atoms with Crippen LogP contribution >= 0.6 is 0 Å². The molecule has 0 spiro atoms. The summed E-state index contributed by atoms with van der Waals surface area (Å²) in [5, 5.41) is 4.81. The molecule has 4 heteroatoms. The van der Waals surface area contributed by atoms with Gasteiger partial charge in [0.15, 0.2) is 0 Å². The average molecular weight is 319 g/mol. The molecule has 4 nitrogen and oxygen atoms in total. The third-order valence-corrected chi connectivity index (χ3v) is 3.80. The molecule has 3 rings (SSSR count). The number of carbonyl (C=O) groups excluding carboxylic acids is 2. The van der Waals surface area contributed by atoms with Gasteiger partial charge in [0.05, 0.1) is 13.5 Å². The molecule has 0 saturated carbocycles. The SMILES string of the molecule is COC(=O)Cc1cccc(NC(=O)c2cccc3ccccc23)c1. The van der Waals surface area contributed by atoms with Crippen LogP contribution in [0.5, 0.6) is 0 Å². The van der Waals surface area contributed by atoms with Gasteiger partial charge in [0.2, 0.25) is 0 Å². The van der Waals surface area contributed by atoms with Gasteiger partial charge in [-0.2, -0.15) is 0 Å². The van der Waals surface area contributed by atoms with Crippen LogP contribution in [0.4, 0.5) is 5.69 Å². The Labute approximate surface area is 140 Å². The van der Waals surface area contributed by atoms with E-state index in [2.05, 4.69) is 10.1 Å². The van der Waals surface area contributed by atoms with Gasteiger partial charge < -0.3 is 10.1 Å². The number of hydrogen-bond acceptors (Lipinski definition) is 3. The van der Waals surface area contributed by atoms with E-state index >= 15 is 0 Å². The highest BCUT2D eigenvalue weighted by atomic mass is 16.5. The van der Waals surface area contributed by atoms with Crippen molar-refractivity contribution in [2.45, 2.75) is 6.42 Å². The summed E-state index contributed by atoms with van der Waals surface area (Å²) in [5.74, 6) is -0.491. The van der Waals surface area contributed by atoms with Crippen molar-refractivity contribution in [1.29, 1.82) is 0 Å². The number of nitrogens with one attached hydrogen (secondary N) is 1. The highest BCUT2D eigenvalue weighted by Crippen LogP contribution is 2.20. The molecule has 0 atom stereocenters. The summed E-state index contributed by atoms with van der Waals surface area (Å²) < 4.78 is 4.67. The van der Waals surface area contributed by atoms with Crippen molar-refractivity contribution in [1.82, 2.24) is 0 Å². The molecule has 0 aliphatic heterocycles. The van der Waals surface area contributed by atoms with Crippen molar-refractivity contribution in [3.63, 3.8) is 0 Å². The summed E-state index contributed by atoms with van der Waals surface area (Å²) in [5.41, 5.74) is 2.05. The van der Waals surface area contributed by atoms with E-state index in [1.807, 2.05) is 42.5 Å². The van der Waals surface area contributed by atoms with Crippen LogP contribution in [-0.2, 0) is 16.0 Å². The van der Waals surface area contributed by atoms with Crippen LogP contribution in [0.1, 0.15) is 15.9 Å². The van der Waals surface area contributed by atoms with Crippen molar-refractivity contribution < 1.29 is 14.3 Å². The lowest BCUT2D eigenvalue weighted by Crippen LogP contribution is -2.13. The number of fused-ring (bicyclic) bond motifs is 1. The van der Waals surface area contributed by atoms with E-state index in [0.717, 1.165) is 16.3 Å². The molecule has 0 radical (unpaired) electrons. The molecule has 1 amide bonds. The predicted octanol–water partition coefficient (Wildman–Crippen LogP) is 3.81. The minimum absolute atomic E-state index is 0.175. The van der Waals surface area contributed by atoms with Gasteiger partial charge in [0.25, 0.3) is 5.91 Å². The first kappa shape index (κ1) is 15.7. The second-order valence-corrected chi connectivity index (χ2v) is 5.43. The number of hydrogen-bond donors (Lipinski definition) is 1. The van der Waals surface area contributed by atoms with E-state index in [1.54, 1.807) is 24.3 Å². The Balaban J connectivity index is 1.84. The van der Waals surface area contributed by atoms with Gasteiger partial charge in [-0.1, -0.05) is 48.5 Å². The Kier molecular flexibility index (Phi) is 4.57. The largest absolute Gasteiger partial charge is 0.469 e. The van der Waals surface area contributed by atoms with Gasteiger partial charge in [-0.3, -0.25) is 9.59 Å². The Hall–Kier alpha value is -3.14. The van der Waals surface area contributed by atoms with Gasteiger partial charge in [-0.15, -0.1) is 0 Å². The molecule has 0 heterocycles. The second kappa shape index (κ2) is 6.96. The van der Waals surface area contributed by atoms with Crippen LogP contribution in [0.25, 0.3) is 10.8 Å². The molecule has 24 heavy (non-hydrogen) atoms. The number of methoxy groups -OCH3 is 1. The van der Waals surface area contributed by atoms with Crippen LogP contribution in [0, 0.1) is 0 Å². The zero-order valence-corrected chi connectivity index (χ0v) is 13.3. The lowest BCUT2D eigenvalue weighted by Gasteiger charge is -2.09. The van der Waals surface area contributed by atoms with Crippen LogP contribution in [0.3, 0.4) is 0 Å². The highest BCUT2D eigenvalue weighted by Gasteiger charge is 2.10. The summed E-state index contributed by atoms with van der Waals surface area (Å²) in [6, 6.07) is 20.6. The molecule has 0 aliphatic rings. The minimum atomic E-state index is -0.312. The molecule has 0 fully saturated rings. The molecule has 0 aliphatic carbocycles. The fraction of sp³-hybridized carbons (Fsp3) is 0.100. The van der Waals surface area contributed by atoms with Gasteiger partial charge in [0.1, 0.15) is 0 Å². The Morgan fingerprint density at radius 1 is 0.958 bits per heavy atom. The van der Waals surface area contributed by atoms with Crippen molar-refractivity contribution in [2.24, 2.45) is 0 Å². The third kappa shape index (κ3) is 3.43. The van der Waals surface area contributed by atoms with E-state index < -0.39 is 0 Å². The zero-order chi connectivity index (χ0) is 16.9. The van der Waals surface area contributed by atoms with E-state index in [-0.39, 0.29) is 18.3 Å². The van der Waals surface area contributed by atoms with E-state index in [1.165, 1.54) is 7.11 Å². The van der Waals surface area contributed by atoms with Crippen LogP contribution in [0.2, 0.25) is 0 Å². The maximum absolute atomic E-state index is 12.6. The first-order valence-corrected chi connectivity index (χ1v) is 7.62. The highest BCUT2D eigenvalue weighted by molar-refractivity contribution is 6.12. The zero-order valence-electron chi connectivity index (χ0n) is 13.3. The molecule has 0 unspecified atom stereocenters. The quantitative estimate of drug-likeness (QED) is 0.744. The number of esters is 1. The number of anilines is 1. The second-order valence-electron chi connectivity index (χ2n) is 5.43. The Morgan fingerprint density at radius 3 is 2.54 bits per heavy atom. The number of benzene rings is 3. The number of carbonyl (C=O) groups is 2. The number of ether oxygens (including phenoxy) is 1. The maximum atomic E-state index is 12.6. The normalized spacial score (nSPS) is 10.4. The van der Waals surface area contributed by atoms with Gasteiger partial charge in [-0.05, 0) is 34.5 Å². The lowest BCUT2D eigenvalue weighted by atomic mass is 10.0. The van der Waals surface area contributed by atoms with Crippen LogP contribution in [-0.4, -0.2) is 19.0 Å². The smallest absolute Gasteiger partial charge is 0.309 e. The van der Waals surface area contributed by atoms with Crippen LogP contribution < -0.4 is 5.32 Å². The monoisotopic (exact) mass is 319 g/mol. The molecule has 0 bridgehead atoms. The third-order valence-electron chi connectivity index (χ3n) is 3.80. The predicted molar refractivity (Wildman–Crippen MR) is 94.1 cm³/mol. The van der Waals surface area contributed by atoms with Crippen molar-refractivity contribution in [3.05, 3.63) is 77.9 Å². The van der Waals surface area contributed by atoms with E-state index in [9.17, 15) is 9.59 Å². The molecular weight excluding hydrogens is 302 g/mol. The topological polar surface area (TPSA) is 55.4 Å². The summed E-state index contributed by atoms with van der Waals surface area (Å²) in [4.78, 5) is 24.0. The molecule has 0 aromatic heterocycles. The molecule has 3 aromatic rings. The van der Waals surface area contributed by atoms with Gasteiger partial charge >= 0.3 is 5.97 Å². The van der Waals surface area contributed by atoms with Crippen molar-refractivity contribution >= 4 is 28.3 Å². The molecule has 3 aromatic carbocycles. The lowest BCUT2D eigenvalue weighted by molar-refractivity contribution is -0.139. The maximum Gasteiger partial charge on any atom is 0.309 e. The van der Waals surface area contributed by atoms with E-state index in [0.29, 0.717) is 11.3 Å². The van der Waals surface area contributed by atoms with Crippen LogP contribution in [0.15, 0.2) is 66.7 Å². The fourth-order valence-electron chi connectivity index (χ4n) is 2.62. The molecular formula is C20H17NO3. The van der Waals surface area contributed by atoms with Gasteiger partial charge in [0, 0.05) is 11.3 Å². The number of rotatable bonds is 4. The average Bonchev–Trinajstić information content (AvgIpc) is 2.61. The van der Waals surface area contributed by atoms with E-state index in [4.69, 9.17) is 0 Å². The molecule has 120 valence electrons. The summed E-state index contributed by atoms with van der Waals surface area (Å²) in [6.07, 6.45) is 0.175. The minimum Gasteiger partial charge on any atom is -0.469 e. The Bertz CT molecular complexity index is 897. The summed E-state index contributed by atoms with van der Waals surface area (Å²) in [6.45, 7) is 0. The Morgan fingerprint density at radius 2 is 1.71 bits per heavy atom. The first-order valence-electron chi connectivity index (χ1n) is 7.62. The first-order chi connectivity index (χ1) is 11.7.